The van der Waals surface area contributed by atoms with Crippen molar-refractivity contribution >= 4 is 0 Å². The Hall–Kier alpha value is -0.130. The van der Waals surface area contributed by atoms with Gasteiger partial charge in [0.2, 0.25) is 0 Å². The first kappa shape index (κ1) is 14.9. The fourth-order valence-electron chi connectivity index (χ4n) is 2.44. The minimum absolute atomic E-state index is 0. The summed E-state index contributed by atoms with van der Waals surface area (Å²) in [4.78, 5) is 0. The molecule has 0 amide bonds. The van der Waals surface area contributed by atoms with Crippen molar-refractivity contribution in [1.29, 1.82) is 0 Å². The van der Waals surface area contributed by atoms with Gasteiger partial charge in [-0.15, -0.1) is 0 Å². The highest BCUT2D eigenvalue weighted by atomic mass is 127. The van der Waals surface area contributed by atoms with E-state index < -0.39 is 0 Å². The summed E-state index contributed by atoms with van der Waals surface area (Å²) in [5, 5.41) is 0. The molecule has 1 aliphatic heterocycles. The first-order valence-corrected chi connectivity index (χ1v) is 6.13. The summed E-state index contributed by atoms with van der Waals surface area (Å²) in [5.74, 6) is 0. The average molecular weight is 347 g/mol. The maximum atomic E-state index is 5.82. The minimum Gasteiger partial charge on any atom is -1.00 e. The van der Waals surface area contributed by atoms with Crippen molar-refractivity contribution in [3.8, 4) is 0 Å². The number of halogens is 1. The van der Waals surface area contributed by atoms with Gasteiger partial charge in [0.15, 0.2) is 0 Å². The van der Waals surface area contributed by atoms with Crippen LogP contribution in [-0.2, 0) is 11.3 Å². The largest absolute Gasteiger partial charge is 1.00 e. The maximum absolute atomic E-state index is 5.82. The van der Waals surface area contributed by atoms with Gasteiger partial charge in [0.25, 0.3) is 0 Å². The Labute approximate surface area is 122 Å². The van der Waals surface area contributed by atoms with Gasteiger partial charge in [-0.1, -0.05) is 30.3 Å². The molecule has 96 valence electrons. The Morgan fingerprint density at radius 1 is 1.24 bits per heavy atom. The lowest BCUT2D eigenvalue weighted by atomic mass is 10.2. The summed E-state index contributed by atoms with van der Waals surface area (Å²) in [6, 6.07) is 11.1. The average Bonchev–Trinajstić information content (AvgIpc) is 2.60. The molecule has 1 aliphatic rings. The van der Waals surface area contributed by atoms with Crippen LogP contribution in [-0.4, -0.2) is 37.8 Å². The zero-order valence-electron chi connectivity index (χ0n) is 10.7. The van der Waals surface area contributed by atoms with Gasteiger partial charge in [0.05, 0.1) is 33.9 Å². The Morgan fingerprint density at radius 2 is 1.94 bits per heavy atom. The predicted molar refractivity (Wildman–Crippen MR) is 66.1 cm³/mol. The van der Waals surface area contributed by atoms with Crippen LogP contribution in [0.4, 0.5) is 0 Å². The Balaban J connectivity index is 0.00000144. The molecule has 0 radical (unpaired) electrons. The van der Waals surface area contributed by atoms with E-state index in [0.717, 1.165) is 17.7 Å². The molecule has 17 heavy (non-hydrogen) atoms. The molecule has 0 spiro atoms. The quantitative estimate of drug-likeness (QED) is 0.525. The van der Waals surface area contributed by atoms with Crippen LogP contribution in [0.3, 0.4) is 0 Å². The zero-order valence-corrected chi connectivity index (χ0v) is 12.9. The molecule has 3 heteroatoms. The highest BCUT2D eigenvalue weighted by molar-refractivity contribution is 5.13. The third kappa shape index (κ3) is 4.23. The number of quaternary nitrogens is 1. The summed E-state index contributed by atoms with van der Waals surface area (Å²) < 4.78 is 6.94. The fourth-order valence-corrected chi connectivity index (χ4v) is 2.44. The standard InChI is InChI=1S/C14H22NO.HI/c1-15(2)10-6-9-14(15)12-16-11-13-7-4-3-5-8-13;/h3-5,7-8,14H,6,9-12H2,1-2H3;1H/q+1;/p-1. The molecule has 2 rings (SSSR count). The molecule has 1 aromatic carbocycles. The number of benzene rings is 1. The Bertz CT molecular complexity index is 326. The second-order valence-electron chi connectivity index (χ2n) is 5.30. The van der Waals surface area contributed by atoms with Crippen molar-refractivity contribution in [3.05, 3.63) is 35.9 Å². The Morgan fingerprint density at radius 3 is 2.53 bits per heavy atom. The molecule has 1 heterocycles. The van der Waals surface area contributed by atoms with Crippen LogP contribution in [0.15, 0.2) is 30.3 Å². The fraction of sp³-hybridized carbons (Fsp3) is 0.571. The minimum atomic E-state index is 0. The number of hydrogen-bond acceptors (Lipinski definition) is 1. The summed E-state index contributed by atoms with van der Waals surface area (Å²) in [5.41, 5.74) is 1.27. The van der Waals surface area contributed by atoms with E-state index in [1.165, 1.54) is 24.9 Å². The van der Waals surface area contributed by atoms with Gasteiger partial charge in [-0.25, -0.2) is 0 Å². The van der Waals surface area contributed by atoms with Crippen molar-refractivity contribution in [1.82, 2.24) is 0 Å². The lowest BCUT2D eigenvalue weighted by molar-refractivity contribution is -0.902. The van der Waals surface area contributed by atoms with E-state index in [-0.39, 0.29) is 24.0 Å². The molecule has 1 atom stereocenters. The highest BCUT2D eigenvalue weighted by Crippen LogP contribution is 2.22. The summed E-state index contributed by atoms with van der Waals surface area (Å²) >= 11 is 0. The van der Waals surface area contributed by atoms with E-state index >= 15 is 0 Å². The van der Waals surface area contributed by atoms with Crippen molar-refractivity contribution in [3.63, 3.8) is 0 Å². The molecule has 0 aliphatic carbocycles. The van der Waals surface area contributed by atoms with Gasteiger partial charge in [-0.2, -0.15) is 0 Å². The summed E-state index contributed by atoms with van der Waals surface area (Å²) in [6.07, 6.45) is 2.65. The third-order valence-corrected chi connectivity index (χ3v) is 3.68. The molecule has 0 saturated carbocycles. The van der Waals surface area contributed by atoms with Crippen molar-refractivity contribution < 1.29 is 33.2 Å². The SMILES string of the molecule is C[N+]1(C)CCCC1COCc1ccccc1.[I-]. The van der Waals surface area contributed by atoms with Gasteiger partial charge in [0.1, 0.15) is 6.04 Å². The van der Waals surface area contributed by atoms with Gasteiger partial charge in [-0.05, 0) is 5.56 Å². The number of likely N-dealkylation sites (tertiary alicyclic amines) is 1. The highest BCUT2D eigenvalue weighted by Gasteiger charge is 2.33. The molecular weight excluding hydrogens is 325 g/mol. The molecule has 1 unspecified atom stereocenters. The van der Waals surface area contributed by atoms with Crippen molar-refractivity contribution in [2.75, 3.05) is 27.2 Å². The molecule has 0 bridgehead atoms. The lowest BCUT2D eigenvalue weighted by Gasteiger charge is -2.31. The maximum Gasteiger partial charge on any atom is 0.112 e. The van der Waals surface area contributed by atoms with Gasteiger partial charge >= 0.3 is 0 Å². The van der Waals surface area contributed by atoms with Crippen LogP contribution >= 0.6 is 0 Å². The summed E-state index contributed by atoms with van der Waals surface area (Å²) in [6.45, 7) is 2.93. The van der Waals surface area contributed by atoms with E-state index in [9.17, 15) is 0 Å². The second-order valence-corrected chi connectivity index (χ2v) is 5.30. The van der Waals surface area contributed by atoms with E-state index in [4.69, 9.17) is 4.74 Å². The van der Waals surface area contributed by atoms with Crippen LogP contribution in [0, 0.1) is 0 Å². The normalized spacial score (nSPS) is 22.1. The second kappa shape index (κ2) is 6.71. The number of nitrogens with zero attached hydrogens (tertiary/aromatic N) is 1. The van der Waals surface area contributed by atoms with E-state index in [2.05, 4.69) is 38.4 Å². The smallest absolute Gasteiger partial charge is 0.112 e. The molecule has 1 aromatic rings. The monoisotopic (exact) mass is 347 g/mol. The molecule has 2 nitrogen and oxygen atoms in total. The number of ether oxygens (including phenoxy) is 1. The third-order valence-electron chi connectivity index (χ3n) is 3.68. The van der Waals surface area contributed by atoms with Gasteiger partial charge < -0.3 is 33.2 Å². The number of rotatable bonds is 4. The van der Waals surface area contributed by atoms with Crippen LogP contribution in [0.25, 0.3) is 0 Å². The van der Waals surface area contributed by atoms with E-state index in [1.807, 2.05) is 6.07 Å². The Kier molecular flexibility index (Phi) is 5.89. The number of hydrogen-bond donors (Lipinski definition) is 0. The molecule has 1 saturated heterocycles. The molecule has 0 aromatic heterocycles. The first-order valence-electron chi connectivity index (χ1n) is 6.13. The zero-order chi connectivity index (χ0) is 11.4. The van der Waals surface area contributed by atoms with Gasteiger partial charge in [0, 0.05) is 12.8 Å². The lowest BCUT2D eigenvalue weighted by Crippen LogP contribution is -3.00. The summed E-state index contributed by atoms with van der Waals surface area (Å²) in [7, 11) is 4.62. The van der Waals surface area contributed by atoms with Gasteiger partial charge in [-0.3, -0.25) is 0 Å². The van der Waals surface area contributed by atoms with Crippen LogP contribution in [0.5, 0.6) is 0 Å². The van der Waals surface area contributed by atoms with Crippen LogP contribution in [0.1, 0.15) is 18.4 Å². The van der Waals surface area contributed by atoms with E-state index in [0.29, 0.717) is 6.04 Å². The first-order chi connectivity index (χ1) is 7.68. The van der Waals surface area contributed by atoms with Crippen molar-refractivity contribution in [2.45, 2.75) is 25.5 Å². The van der Waals surface area contributed by atoms with E-state index in [1.54, 1.807) is 0 Å². The number of likely N-dealkylation sites (N-methyl/N-ethyl adjacent to an activating group) is 1. The molecule has 0 N–H and O–H groups in total. The topological polar surface area (TPSA) is 9.23 Å². The molecular formula is C14H22INO. The van der Waals surface area contributed by atoms with Crippen molar-refractivity contribution in [2.24, 2.45) is 0 Å². The molecule has 1 fully saturated rings. The van der Waals surface area contributed by atoms with Crippen LogP contribution < -0.4 is 24.0 Å². The predicted octanol–water partition coefficient (Wildman–Crippen LogP) is -0.554. The van der Waals surface area contributed by atoms with Crippen LogP contribution in [0.2, 0.25) is 0 Å².